The van der Waals surface area contributed by atoms with Gasteiger partial charge in [-0.25, -0.2) is 8.42 Å². The SMILES string of the molecule is Cl.O=C(c1cccc(S(=O)(=O)N2CCOCC2)c1)N1CCC2CCC(C1)N2. The predicted octanol–water partition coefficient (Wildman–Crippen LogP) is 1.10. The van der Waals surface area contributed by atoms with Crippen LogP contribution in [-0.2, 0) is 14.8 Å². The summed E-state index contributed by atoms with van der Waals surface area (Å²) in [4.78, 5) is 15.0. The smallest absolute Gasteiger partial charge is 0.253 e. The molecule has 0 radical (unpaired) electrons. The van der Waals surface area contributed by atoms with Crippen molar-refractivity contribution in [3.63, 3.8) is 0 Å². The van der Waals surface area contributed by atoms with E-state index in [0.717, 1.165) is 12.8 Å². The average molecular weight is 416 g/mol. The molecule has 0 aliphatic carbocycles. The molecule has 3 heterocycles. The molecule has 1 aromatic rings. The standard InChI is InChI=1S/C18H25N3O4S.ClH/c22-18(20-7-6-15-4-5-16(13-20)19-15)14-2-1-3-17(12-14)26(23,24)21-8-10-25-11-9-21;/h1-3,12,15-16,19H,4-11,13H2;1H. The van der Waals surface area contributed by atoms with Crippen LogP contribution in [-0.4, -0.2) is 75.0 Å². The molecule has 1 amide bonds. The summed E-state index contributed by atoms with van der Waals surface area (Å²) in [5.74, 6) is -0.0848. The van der Waals surface area contributed by atoms with Gasteiger partial charge in [-0.3, -0.25) is 4.79 Å². The summed E-state index contributed by atoms with van der Waals surface area (Å²) in [7, 11) is -3.59. The monoisotopic (exact) mass is 415 g/mol. The molecule has 150 valence electrons. The van der Waals surface area contributed by atoms with Gasteiger partial charge in [0, 0.05) is 43.8 Å². The fraction of sp³-hybridized carbons (Fsp3) is 0.611. The topological polar surface area (TPSA) is 79.0 Å². The number of morpholine rings is 1. The number of likely N-dealkylation sites (tertiary alicyclic amines) is 1. The summed E-state index contributed by atoms with van der Waals surface area (Å²) in [5, 5.41) is 3.56. The van der Waals surface area contributed by atoms with Crippen molar-refractivity contribution in [2.45, 2.75) is 36.2 Å². The van der Waals surface area contributed by atoms with E-state index >= 15 is 0 Å². The third-order valence-corrected chi connectivity index (χ3v) is 7.39. The number of nitrogens with one attached hydrogen (secondary N) is 1. The minimum Gasteiger partial charge on any atom is -0.379 e. The molecule has 0 spiro atoms. The van der Waals surface area contributed by atoms with E-state index in [-0.39, 0.29) is 23.2 Å². The van der Waals surface area contributed by atoms with Gasteiger partial charge in [0.05, 0.1) is 18.1 Å². The molecule has 3 aliphatic heterocycles. The second-order valence-electron chi connectivity index (χ2n) is 7.22. The summed E-state index contributed by atoms with van der Waals surface area (Å²) in [6, 6.07) is 7.30. The van der Waals surface area contributed by atoms with E-state index in [4.69, 9.17) is 4.74 Å². The van der Waals surface area contributed by atoms with Gasteiger partial charge in [0.25, 0.3) is 5.91 Å². The number of rotatable bonds is 3. The summed E-state index contributed by atoms with van der Waals surface area (Å²) in [6.45, 7) is 2.91. The van der Waals surface area contributed by atoms with E-state index in [2.05, 4.69) is 5.32 Å². The van der Waals surface area contributed by atoms with Crippen LogP contribution < -0.4 is 5.32 Å². The Labute approximate surface area is 166 Å². The first-order valence-electron chi connectivity index (χ1n) is 9.27. The van der Waals surface area contributed by atoms with Crippen LogP contribution in [0.25, 0.3) is 0 Å². The van der Waals surface area contributed by atoms with Gasteiger partial charge in [0.2, 0.25) is 10.0 Å². The lowest BCUT2D eigenvalue weighted by Gasteiger charge is -2.27. The maximum atomic E-state index is 13.0. The molecule has 3 aliphatic rings. The van der Waals surface area contributed by atoms with Crippen molar-refractivity contribution >= 4 is 28.3 Å². The van der Waals surface area contributed by atoms with Crippen molar-refractivity contribution < 1.29 is 17.9 Å². The van der Waals surface area contributed by atoms with Gasteiger partial charge in [-0.15, -0.1) is 12.4 Å². The number of sulfonamides is 1. The number of benzene rings is 1. The quantitative estimate of drug-likeness (QED) is 0.799. The molecule has 9 heteroatoms. The summed E-state index contributed by atoms with van der Waals surface area (Å²) in [6.07, 6.45) is 3.23. The number of hydrogen-bond donors (Lipinski definition) is 1. The number of carbonyl (C=O) groups excluding carboxylic acids is 1. The van der Waals surface area contributed by atoms with Crippen molar-refractivity contribution in [3.05, 3.63) is 29.8 Å². The molecule has 0 saturated carbocycles. The number of carbonyl (C=O) groups is 1. The highest BCUT2D eigenvalue weighted by Gasteiger charge is 2.32. The van der Waals surface area contributed by atoms with Crippen molar-refractivity contribution in [2.75, 3.05) is 39.4 Å². The van der Waals surface area contributed by atoms with Crippen molar-refractivity contribution in [2.24, 2.45) is 0 Å². The third kappa shape index (κ3) is 4.30. The molecule has 0 aromatic heterocycles. The first-order chi connectivity index (χ1) is 12.5. The Balaban J connectivity index is 0.00000210. The van der Waals surface area contributed by atoms with Crippen molar-refractivity contribution in [1.82, 2.24) is 14.5 Å². The molecule has 4 rings (SSSR count). The van der Waals surface area contributed by atoms with Crippen LogP contribution in [0.2, 0.25) is 0 Å². The Morgan fingerprint density at radius 1 is 1.07 bits per heavy atom. The van der Waals surface area contributed by atoms with Crippen LogP contribution in [0.5, 0.6) is 0 Å². The Hall–Kier alpha value is -1.19. The second-order valence-corrected chi connectivity index (χ2v) is 9.16. The normalized spacial score (nSPS) is 26.3. The Kier molecular flexibility index (Phi) is 6.43. The number of ether oxygens (including phenoxy) is 1. The van der Waals surface area contributed by atoms with Crippen LogP contribution in [0.4, 0.5) is 0 Å². The summed E-state index contributed by atoms with van der Waals surface area (Å²) < 4.78 is 32.3. The maximum Gasteiger partial charge on any atom is 0.253 e. The maximum absolute atomic E-state index is 13.0. The van der Waals surface area contributed by atoms with Crippen molar-refractivity contribution in [3.8, 4) is 0 Å². The van der Waals surface area contributed by atoms with Crippen LogP contribution in [0, 0.1) is 0 Å². The van der Waals surface area contributed by atoms with E-state index in [1.54, 1.807) is 18.2 Å². The highest BCUT2D eigenvalue weighted by atomic mass is 35.5. The first-order valence-corrected chi connectivity index (χ1v) is 10.7. The molecule has 3 fully saturated rings. The minimum absolute atomic E-state index is 0. The van der Waals surface area contributed by atoms with Crippen LogP contribution in [0.15, 0.2) is 29.2 Å². The molecular weight excluding hydrogens is 390 g/mol. The van der Waals surface area contributed by atoms with Gasteiger partial charge in [-0.1, -0.05) is 6.07 Å². The lowest BCUT2D eigenvalue weighted by atomic mass is 10.1. The first kappa shape index (κ1) is 20.5. The second kappa shape index (κ2) is 8.45. The average Bonchev–Trinajstić information content (AvgIpc) is 3.01. The predicted molar refractivity (Wildman–Crippen MR) is 104 cm³/mol. The molecule has 3 saturated heterocycles. The molecule has 27 heavy (non-hydrogen) atoms. The summed E-state index contributed by atoms with van der Waals surface area (Å²) in [5.41, 5.74) is 0.442. The molecule has 1 N–H and O–H groups in total. The Morgan fingerprint density at radius 2 is 1.81 bits per heavy atom. The molecule has 2 unspecified atom stereocenters. The van der Waals surface area contributed by atoms with Gasteiger partial charge in [0.1, 0.15) is 0 Å². The van der Waals surface area contributed by atoms with Gasteiger partial charge in [-0.2, -0.15) is 4.31 Å². The van der Waals surface area contributed by atoms with Gasteiger partial charge < -0.3 is 15.0 Å². The minimum atomic E-state index is -3.59. The molecule has 1 aromatic carbocycles. The zero-order chi connectivity index (χ0) is 18.1. The van der Waals surface area contributed by atoms with Crippen LogP contribution in [0.1, 0.15) is 29.6 Å². The highest BCUT2D eigenvalue weighted by Crippen LogP contribution is 2.23. The fourth-order valence-electron chi connectivity index (χ4n) is 4.04. The lowest BCUT2D eigenvalue weighted by Crippen LogP contribution is -2.41. The zero-order valence-corrected chi connectivity index (χ0v) is 16.8. The van der Waals surface area contributed by atoms with Gasteiger partial charge in [0.15, 0.2) is 0 Å². The van der Waals surface area contributed by atoms with Crippen LogP contribution in [0.3, 0.4) is 0 Å². The number of amides is 1. The number of halogens is 1. The highest BCUT2D eigenvalue weighted by molar-refractivity contribution is 7.89. The van der Waals surface area contributed by atoms with Gasteiger partial charge >= 0.3 is 0 Å². The van der Waals surface area contributed by atoms with E-state index in [1.807, 2.05) is 4.90 Å². The van der Waals surface area contributed by atoms with E-state index in [1.165, 1.54) is 16.8 Å². The van der Waals surface area contributed by atoms with E-state index < -0.39 is 10.0 Å². The van der Waals surface area contributed by atoms with E-state index in [9.17, 15) is 13.2 Å². The zero-order valence-electron chi connectivity index (χ0n) is 15.2. The number of nitrogens with zero attached hydrogens (tertiary/aromatic N) is 2. The molecule has 7 nitrogen and oxygen atoms in total. The lowest BCUT2D eigenvalue weighted by molar-refractivity contribution is 0.0729. The van der Waals surface area contributed by atoms with Crippen molar-refractivity contribution in [1.29, 1.82) is 0 Å². The molecular formula is C18H26ClN3O4S. The number of hydrogen-bond acceptors (Lipinski definition) is 5. The van der Waals surface area contributed by atoms with Crippen LogP contribution >= 0.6 is 12.4 Å². The largest absolute Gasteiger partial charge is 0.379 e. The molecule has 2 bridgehead atoms. The van der Waals surface area contributed by atoms with E-state index in [0.29, 0.717) is 57.0 Å². The Morgan fingerprint density at radius 3 is 2.59 bits per heavy atom. The third-order valence-electron chi connectivity index (χ3n) is 5.50. The molecule has 2 atom stereocenters. The number of fused-ring (bicyclic) bond motifs is 2. The fourth-order valence-corrected chi connectivity index (χ4v) is 5.49. The van der Waals surface area contributed by atoms with Gasteiger partial charge in [-0.05, 0) is 37.5 Å². The summed E-state index contributed by atoms with van der Waals surface area (Å²) >= 11 is 0. The Bertz CT molecular complexity index is 783.